The van der Waals surface area contributed by atoms with Gasteiger partial charge in [-0.05, 0) is 72.8 Å². The Hall–Kier alpha value is -1.57. The van der Waals surface area contributed by atoms with Crippen molar-refractivity contribution in [1.29, 1.82) is 0 Å². The first-order chi connectivity index (χ1) is 10.5. The molecule has 2 fully saturated rings. The van der Waals surface area contributed by atoms with Crippen LogP contribution in [0.15, 0.2) is 24.3 Å². The van der Waals surface area contributed by atoms with Crippen LogP contribution in [0.3, 0.4) is 0 Å². The van der Waals surface area contributed by atoms with Gasteiger partial charge in [-0.1, -0.05) is 19.1 Å². The highest BCUT2D eigenvalue weighted by atomic mass is 16.5. The van der Waals surface area contributed by atoms with Crippen molar-refractivity contribution in [3.8, 4) is 5.75 Å². The molecule has 0 radical (unpaired) electrons. The zero-order valence-electron chi connectivity index (χ0n) is 13.7. The van der Waals surface area contributed by atoms with Crippen molar-refractivity contribution in [2.45, 2.75) is 45.4 Å². The zero-order chi connectivity index (χ0) is 15.5. The highest BCUT2D eigenvalue weighted by Gasteiger charge is 2.54. The molecule has 0 N–H and O–H groups in total. The molecule has 22 heavy (non-hydrogen) atoms. The van der Waals surface area contributed by atoms with E-state index in [-0.39, 0.29) is 5.41 Å². The summed E-state index contributed by atoms with van der Waals surface area (Å²) in [6.45, 7) is 4.42. The van der Waals surface area contributed by atoms with Crippen molar-refractivity contribution in [1.82, 2.24) is 0 Å². The van der Waals surface area contributed by atoms with Crippen LogP contribution < -0.4 is 4.74 Å². The summed E-state index contributed by atoms with van der Waals surface area (Å²) >= 11 is 0. The van der Waals surface area contributed by atoms with Gasteiger partial charge in [0.1, 0.15) is 11.5 Å². The van der Waals surface area contributed by atoms with Gasteiger partial charge in [0.25, 0.3) is 0 Å². The van der Waals surface area contributed by atoms with E-state index in [1.165, 1.54) is 16.7 Å². The molecular weight excluding hydrogens is 272 g/mol. The second-order valence-corrected chi connectivity index (χ2v) is 7.51. The number of fused-ring (bicyclic) bond motifs is 5. The Bertz CT molecular complexity index is 672. The molecule has 0 heterocycles. The largest absolute Gasteiger partial charge is 0.497 e. The molecule has 4 rings (SSSR count). The van der Waals surface area contributed by atoms with Crippen LogP contribution in [0.2, 0.25) is 0 Å². The Balaban J connectivity index is 1.79. The molecule has 0 amide bonds. The van der Waals surface area contributed by atoms with E-state index < -0.39 is 0 Å². The minimum atomic E-state index is -0.0675. The maximum atomic E-state index is 12.4. The second kappa shape index (κ2) is 4.71. The molecule has 0 spiro atoms. The number of carbonyl (C=O) groups excluding carboxylic acids is 1. The predicted molar refractivity (Wildman–Crippen MR) is 87.9 cm³/mol. The molecule has 3 aliphatic rings. The number of methoxy groups -OCH3 is 1. The number of hydrogen-bond donors (Lipinski definition) is 0. The van der Waals surface area contributed by atoms with Crippen LogP contribution in [0, 0.1) is 17.3 Å². The van der Waals surface area contributed by atoms with Crippen LogP contribution in [0.4, 0.5) is 0 Å². The smallest absolute Gasteiger partial charge is 0.139 e. The van der Waals surface area contributed by atoms with Crippen LogP contribution in [0.1, 0.15) is 56.6 Å². The third kappa shape index (κ3) is 1.76. The lowest BCUT2D eigenvalue weighted by Gasteiger charge is -2.47. The molecule has 0 saturated heterocycles. The fourth-order valence-electron chi connectivity index (χ4n) is 5.27. The number of allylic oxidation sites excluding steroid dienone is 2. The van der Waals surface area contributed by atoms with Gasteiger partial charge in [0.2, 0.25) is 0 Å². The monoisotopic (exact) mass is 296 g/mol. The number of ketones is 1. The molecule has 116 valence electrons. The third-order valence-electron chi connectivity index (χ3n) is 6.57. The van der Waals surface area contributed by atoms with E-state index in [1.54, 1.807) is 7.11 Å². The number of benzene rings is 1. The molecule has 0 bridgehead atoms. The quantitative estimate of drug-likeness (QED) is 0.757. The zero-order valence-corrected chi connectivity index (χ0v) is 13.7. The van der Waals surface area contributed by atoms with Crippen molar-refractivity contribution in [2.75, 3.05) is 7.11 Å². The Morgan fingerprint density at radius 1 is 1.27 bits per heavy atom. The van der Waals surface area contributed by atoms with E-state index in [9.17, 15) is 4.79 Å². The van der Waals surface area contributed by atoms with Crippen LogP contribution in [0.25, 0.3) is 5.57 Å². The Morgan fingerprint density at radius 2 is 2.09 bits per heavy atom. The fraction of sp³-hybridized carbons (Fsp3) is 0.550. The maximum Gasteiger partial charge on any atom is 0.139 e. The number of Topliss-reactive ketones (excluding diaryl/α,β-unsaturated/α-hetero) is 1. The van der Waals surface area contributed by atoms with Gasteiger partial charge in [0.15, 0.2) is 0 Å². The number of ether oxygens (including phenoxy) is 1. The first-order valence-electron chi connectivity index (χ1n) is 8.44. The van der Waals surface area contributed by atoms with Gasteiger partial charge < -0.3 is 4.74 Å². The highest BCUT2D eigenvalue weighted by molar-refractivity contribution is 5.87. The van der Waals surface area contributed by atoms with Crippen molar-refractivity contribution >= 4 is 11.4 Å². The molecule has 2 heteroatoms. The standard InChI is InChI=1S/C20H24O2/c1-12-10-17-15(14-5-4-13(22-3)11-16(12)14)8-9-20(2)18(17)6-7-19(20)21/h4-5,10-11,15,17-18H,6-9H2,1-3H3/t15-,17+,18-,20-/m1/s1. The topological polar surface area (TPSA) is 26.3 Å². The summed E-state index contributed by atoms with van der Waals surface area (Å²) in [4.78, 5) is 12.4. The molecule has 0 aromatic heterocycles. The van der Waals surface area contributed by atoms with Crippen molar-refractivity contribution in [3.05, 3.63) is 35.4 Å². The molecule has 1 aromatic carbocycles. The van der Waals surface area contributed by atoms with E-state index in [0.29, 0.717) is 23.5 Å². The Kier molecular flexibility index (Phi) is 3.01. The molecule has 4 atom stereocenters. The SMILES string of the molecule is COc1ccc2c(c1)C(C)=C[C@H]1[C@@H]2CC[C@@]2(C)C(=O)CC[C@H]12. The average molecular weight is 296 g/mol. The highest BCUT2D eigenvalue weighted by Crippen LogP contribution is 2.59. The minimum Gasteiger partial charge on any atom is -0.497 e. The molecule has 0 unspecified atom stereocenters. The first-order valence-corrected chi connectivity index (χ1v) is 8.44. The predicted octanol–water partition coefficient (Wildman–Crippen LogP) is 4.59. The summed E-state index contributed by atoms with van der Waals surface area (Å²) in [5.41, 5.74) is 4.08. The van der Waals surface area contributed by atoms with E-state index in [4.69, 9.17) is 4.74 Å². The van der Waals surface area contributed by atoms with Crippen LogP contribution in [0.5, 0.6) is 5.75 Å². The van der Waals surface area contributed by atoms with Crippen LogP contribution in [-0.4, -0.2) is 12.9 Å². The van der Waals surface area contributed by atoms with Crippen molar-refractivity contribution in [2.24, 2.45) is 17.3 Å². The average Bonchev–Trinajstić information content (AvgIpc) is 2.83. The Labute approximate surface area is 132 Å². The molecular formula is C20H24O2. The summed E-state index contributed by atoms with van der Waals surface area (Å²) in [7, 11) is 1.72. The lowest BCUT2D eigenvalue weighted by Crippen LogP contribution is -2.41. The lowest BCUT2D eigenvalue weighted by atomic mass is 9.56. The molecule has 2 nitrogen and oxygen atoms in total. The van der Waals surface area contributed by atoms with E-state index >= 15 is 0 Å². The van der Waals surface area contributed by atoms with Crippen LogP contribution >= 0.6 is 0 Å². The summed E-state index contributed by atoms with van der Waals surface area (Å²) < 4.78 is 5.39. The minimum absolute atomic E-state index is 0.0675. The number of hydrogen-bond acceptors (Lipinski definition) is 2. The first kappa shape index (κ1) is 14.0. The van der Waals surface area contributed by atoms with Gasteiger partial charge in [0.05, 0.1) is 7.11 Å². The van der Waals surface area contributed by atoms with E-state index in [0.717, 1.165) is 31.4 Å². The molecule has 3 aliphatic carbocycles. The Morgan fingerprint density at radius 3 is 2.86 bits per heavy atom. The van der Waals surface area contributed by atoms with Gasteiger partial charge in [-0.25, -0.2) is 0 Å². The molecule has 1 aromatic rings. The summed E-state index contributed by atoms with van der Waals surface area (Å²) in [6, 6.07) is 6.51. The van der Waals surface area contributed by atoms with Gasteiger partial charge >= 0.3 is 0 Å². The van der Waals surface area contributed by atoms with Crippen molar-refractivity contribution < 1.29 is 9.53 Å². The molecule has 2 saturated carbocycles. The normalized spacial score (nSPS) is 36.2. The molecule has 0 aliphatic heterocycles. The van der Waals surface area contributed by atoms with Crippen molar-refractivity contribution in [3.63, 3.8) is 0 Å². The van der Waals surface area contributed by atoms with Gasteiger partial charge in [-0.15, -0.1) is 0 Å². The summed E-state index contributed by atoms with van der Waals surface area (Å²) in [5, 5.41) is 0. The fourth-order valence-corrected chi connectivity index (χ4v) is 5.27. The number of rotatable bonds is 1. The second-order valence-electron chi connectivity index (χ2n) is 7.51. The third-order valence-corrected chi connectivity index (χ3v) is 6.57. The van der Waals surface area contributed by atoms with Crippen LogP contribution in [-0.2, 0) is 4.79 Å². The lowest BCUT2D eigenvalue weighted by molar-refractivity contribution is -0.128. The van der Waals surface area contributed by atoms with Gasteiger partial charge in [0, 0.05) is 11.8 Å². The maximum absolute atomic E-state index is 12.4. The summed E-state index contributed by atoms with van der Waals surface area (Å²) in [6.07, 6.45) is 6.49. The van der Waals surface area contributed by atoms with Gasteiger partial charge in [-0.3, -0.25) is 4.79 Å². The number of carbonyl (C=O) groups is 1. The summed E-state index contributed by atoms with van der Waals surface area (Å²) in [5.74, 6) is 3.08. The van der Waals surface area contributed by atoms with E-state index in [1.807, 2.05) is 0 Å². The van der Waals surface area contributed by atoms with E-state index in [2.05, 4.69) is 38.1 Å². The van der Waals surface area contributed by atoms with Gasteiger partial charge in [-0.2, -0.15) is 0 Å².